The zero-order valence-electron chi connectivity index (χ0n) is 25.0. The first-order valence-corrected chi connectivity index (χ1v) is 15.1. The number of aryl methyl sites for hydroxylation is 1. The van der Waals surface area contributed by atoms with Gasteiger partial charge in [-0.3, -0.25) is 14.5 Å². The zero-order valence-corrected chi connectivity index (χ0v) is 25.8. The monoisotopic (exact) mass is 608 g/mol. The predicted molar refractivity (Wildman–Crippen MR) is 163 cm³/mol. The van der Waals surface area contributed by atoms with Crippen LogP contribution >= 0.6 is 11.3 Å². The third-order valence-corrected chi connectivity index (χ3v) is 7.81. The van der Waals surface area contributed by atoms with Crippen molar-refractivity contribution in [2.45, 2.75) is 53.5 Å². The van der Waals surface area contributed by atoms with Crippen LogP contribution in [0.1, 0.15) is 73.1 Å². The molecule has 1 aromatic heterocycles. The maximum atomic E-state index is 13.6. The van der Waals surface area contributed by atoms with Gasteiger partial charge in [-0.1, -0.05) is 30.7 Å². The van der Waals surface area contributed by atoms with Gasteiger partial charge in [0, 0.05) is 5.56 Å². The topological polar surface area (TPSA) is 124 Å². The molecule has 1 aliphatic rings. The number of aromatic nitrogens is 1. The maximum Gasteiger partial charge on any atom is 0.350 e. The second-order valence-electron chi connectivity index (χ2n) is 9.60. The van der Waals surface area contributed by atoms with E-state index in [1.165, 1.54) is 4.90 Å². The molecule has 1 fully saturated rings. The van der Waals surface area contributed by atoms with Gasteiger partial charge >= 0.3 is 11.9 Å². The third-order valence-electron chi connectivity index (χ3n) is 6.67. The predicted octanol–water partition coefficient (Wildman–Crippen LogP) is 6.23. The molecule has 0 aliphatic carbocycles. The number of hydrogen-bond donors (Lipinski definition) is 1. The Kier molecular flexibility index (Phi) is 10.4. The molecule has 0 spiro atoms. The molecule has 2 heterocycles. The smallest absolute Gasteiger partial charge is 0.350 e. The Morgan fingerprint density at radius 1 is 0.953 bits per heavy atom. The number of aliphatic hydroxyl groups excluding tert-OH is 1. The molecular weight excluding hydrogens is 572 g/mol. The number of nitrogens with zero attached hydrogens (tertiary/aromatic N) is 2. The van der Waals surface area contributed by atoms with Crippen LogP contribution in [0, 0.1) is 6.92 Å². The van der Waals surface area contributed by atoms with Crippen LogP contribution in [0.4, 0.5) is 5.13 Å². The summed E-state index contributed by atoms with van der Waals surface area (Å²) in [5.74, 6) is -1.14. The molecule has 43 heavy (non-hydrogen) atoms. The van der Waals surface area contributed by atoms with E-state index in [9.17, 15) is 19.5 Å². The standard InChI is InChI=1S/C32H36N2O8S/c1-6-10-17-42-23-16-13-21(18-24(23)40-8-3)26-25(27(35)20-11-14-22(15-12-20)39-7-2)28(36)30(37)34(26)32-33-19(5)29(43-32)31(38)41-9-4/h11-16,18,26,35H,6-10,17H2,1-5H3/b27-25+. The zero-order chi connectivity index (χ0) is 31.1. The average Bonchev–Trinajstić information content (AvgIpc) is 3.50. The maximum absolute atomic E-state index is 13.6. The van der Waals surface area contributed by atoms with Gasteiger partial charge in [0.05, 0.1) is 43.7 Å². The van der Waals surface area contributed by atoms with Gasteiger partial charge in [0.15, 0.2) is 16.6 Å². The minimum Gasteiger partial charge on any atom is -0.507 e. The van der Waals surface area contributed by atoms with Gasteiger partial charge in [0.1, 0.15) is 16.4 Å². The minimum atomic E-state index is -1.07. The molecule has 0 bridgehead atoms. The molecule has 1 aliphatic heterocycles. The number of carbonyl (C=O) groups is 3. The molecular formula is C32H36N2O8S. The fourth-order valence-electron chi connectivity index (χ4n) is 4.66. The highest BCUT2D eigenvalue weighted by molar-refractivity contribution is 7.17. The fraction of sp³-hybridized carbons (Fsp3) is 0.375. The first-order valence-electron chi connectivity index (χ1n) is 14.3. The van der Waals surface area contributed by atoms with E-state index in [1.807, 2.05) is 13.8 Å². The molecule has 3 aromatic rings. The average molecular weight is 609 g/mol. The van der Waals surface area contributed by atoms with E-state index in [0.29, 0.717) is 53.9 Å². The van der Waals surface area contributed by atoms with E-state index in [2.05, 4.69) is 11.9 Å². The van der Waals surface area contributed by atoms with Crippen LogP contribution in [0.15, 0.2) is 48.0 Å². The van der Waals surface area contributed by atoms with Gasteiger partial charge < -0.3 is 24.1 Å². The number of aliphatic hydroxyl groups is 1. The van der Waals surface area contributed by atoms with Gasteiger partial charge in [-0.25, -0.2) is 9.78 Å². The fourth-order valence-corrected chi connectivity index (χ4v) is 5.64. The third kappa shape index (κ3) is 6.67. The first-order chi connectivity index (χ1) is 20.7. The molecule has 0 saturated carbocycles. The van der Waals surface area contributed by atoms with Crippen LogP contribution in [0.5, 0.6) is 17.2 Å². The number of Topliss-reactive ketones (excluding diaryl/α,β-unsaturated/α-hetero) is 1. The van der Waals surface area contributed by atoms with E-state index >= 15 is 0 Å². The Morgan fingerprint density at radius 2 is 1.67 bits per heavy atom. The molecule has 11 heteroatoms. The van der Waals surface area contributed by atoms with Crippen LogP contribution in [-0.2, 0) is 14.3 Å². The quantitative estimate of drug-likeness (QED) is 0.0790. The summed E-state index contributed by atoms with van der Waals surface area (Å²) in [6.07, 6.45) is 1.82. The number of thiazole rings is 1. The molecule has 1 saturated heterocycles. The lowest BCUT2D eigenvalue weighted by molar-refractivity contribution is -0.132. The number of ether oxygens (including phenoxy) is 4. The molecule has 4 rings (SSSR count). The summed E-state index contributed by atoms with van der Waals surface area (Å²) < 4.78 is 22.5. The summed E-state index contributed by atoms with van der Waals surface area (Å²) in [7, 11) is 0. The normalized spacial score (nSPS) is 15.9. The van der Waals surface area contributed by atoms with Crippen molar-refractivity contribution >= 4 is 39.9 Å². The van der Waals surface area contributed by atoms with Gasteiger partial charge in [0.25, 0.3) is 5.78 Å². The molecule has 2 aromatic carbocycles. The first kappa shape index (κ1) is 31.6. The van der Waals surface area contributed by atoms with Crippen molar-refractivity contribution in [2.24, 2.45) is 0 Å². The van der Waals surface area contributed by atoms with Crippen molar-refractivity contribution in [1.82, 2.24) is 4.98 Å². The van der Waals surface area contributed by atoms with E-state index in [0.717, 1.165) is 24.2 Å². The minimum absolute atomic E-state index is 0.123. The van der Waals surface area contributed by atoms with Gasteiger partial charge in [-0.15, -0.1) is 0 Å². The highest BCUT2D eigenvalue weighted by Gasteiger charge is 2.48. The van der Waals surface area contributed by atoms with Crippen LogP contribution < -0.4 is 19.1 Å². The molecule has 1 amide bonds. The molecule has 0 radical (unpaired) electrons. The lowest BCUT2D eigenvalue weighted by Gasteiger charge is -2.24. The summed E-state index contributed by atoms with van der Waals surface area (Å²) in [5.41, 5.74) is 1.06. The van der Waals surface area contributed by atoms with Crippen LogP contribution in [0.25, 0.3) is 5.76 Å². The summed E-state index contributed by atoms with van der Waals surface area (Å²) in [6.45, 7) is 10.6. The van der Waals surface area contributed by atoms with Gasteiger partial charge in [0.2, 0.25) is 0 Å². The van der Waals surface area contributed by atoms with E-state index in [-0.39, 0.29) is 27.9 Å². The van der Waals surface area contributed by atoms with Crippen molar-refractivity contribution in [2.75, 3.05) is 31.3 Å². The Hall–Kier alpha value is -4.38. The summed E-state index contributed by atoms with van der Waals surface area (Å²) in [4.78, 5) is 45.8. The Labute approximate surface area is 254 Å². The number of ketones is 1. The lowest BCUT2D eigenvalue weighted by atomic mass is 9.95. The van der Waals surface area contributed by atoms with Crippen molar-refractivity contribution in [1.29, 1.82) is 0 Å². The highest BCUT2D eigenvalue weighted by atomic mass is 32.1. The Bertz CT molecular complexity index is 1510. The van der Waals surface area contributed by atoms with E-state index in [1.54, 1.807) is 56.3 Å². The van der Waals surface area contributed by atoms with E-state index < -0.39 is 23.7 Å². The number of unbranched alkanes of at least 4 members (excludes halogenated alkanes) is 1. The number of anilines is 1. The number of amides is 1. The second-order valence-corrected chi connectivity index (χ2v) is 10.6. The molecule has 1 N–H and O–H groups in total. The Morgan fingerprint density at radius 3 is 2.33 bits per heavy atom. The molecule has 228 valence electrons. The lowest BCUT2D eigenvalue weighted by Crippen LogP contribution is -2.29. The summed E-state index contributed by atoms with van der Waals surface area (Å²) in [6, 6.07) is 10.7. The number of hydrogen-bond acceptors (Lipinski definition) is 10. The summed E-state index contributed by atoms with van der Waals surface area (Å²) >= 11 is 0.948. The highest BCUT2D eigenvalue weighted by Crippen LogP contribution is 2.45. The summed E-state index contributed by atoms with van der Waals surface area (Å²) in [5, 5.41) is 11.6. The van der Waals surface area contributed by atoms with Gasteiger partial charge in [-0.2, -0.15) is 0 Å². The van der Waals surface area contributed by atoms with Crippen molar-refractivity contribution in [3.63, 3.8) is 0 Å². The van der Waals surface area contributed by atoms with Crippen molar-refractivity contribution in [3.05, 3.63) is 69.7 Å². The van der Waals surface area contributed by atoms with Gasteiger partial charge in [-0.05, 0) is 76.1 Å². The van der Waals surface area contributed by atoms with Crippen LogP contribution in [0.3, 0.4) is 0 Å². The Balaban J connectivity index is 1.89. The molecule has 1 atom stereocenters. The second kappa shape index (κ2) is 14.2. The SMILES string of the molecule is CCCCOc1ccc(C2/C(=C(\O)c3ccc(OCC)cc3)C(=O)C(=O)N2c2nc(C)c(C(=O)OCC)s2)cc1OCC. The molecule has 10 nitrogen and oxygen atoms in total. The van der Waals surface area contributed by atoms with E-state index in [4.69, 9.17) is 18.9 Å². The number of esters is 1. The molecule has 1 unspecified atom stereocenters. The van der Waals surface area contributed by atoms with Crippen LogP contribution in [-0.4, -0.2) is 54.2 Å². The van der Waals surface area contributed by atoms with Crippen molar-refractivity contribution < 1.29 is 38.4 Å². The van der Waals surface area contributed by atoms with Crippen molar-refractivity contribution in [3.8, 4) is 17.2 Å². The number of carbonyl (C=O) groups excluding carboxylic acids is 3. The largest absolute Gasteiger partial charge is 0.507 e. The van der Waals surface area contributed by atoms with Crippen LogP contribution in [0.2, 0.25) is 0 Å². The number of rotatable bonds is 13. The number of benzene rings is 2.